The molecule has 2 atom stereocenters. The number of β-amino-alcohol motifs (C(OH)–C–C–N with tert-alkyl or cyclic N) is 1. The molecule has 0 saturated carbocycles. The van der Waals surface area contributed by atoms with E-state index in [9.17, 15) is 5.11 Å². The van der Waals surface area contributed by atoms with Crippen LogP contribution in [0.4, 0.5) is 0 Å². The normalized spacial score (nSPS) is 17.6. The Balaban J connectivity index is 1.40. The first-order valence-corrected chi connectivity index (χ1v) is 10.2. The van der Waals surface area contributed by atoms with Crippen molar-refractivity contribution in [2.75, 3.05) is 60.1 Å². The molecule has 0 aromatic heterocycles. The van der Waals surface area contributed by atoms with Crippen LogP contribution < -0.4 is 9.47 Å². The van der Waals surface area contributed by atoms with E-state index in [-0.39, 0.29) is 12.7 Å². The molecule has 1 fully saturated rings. The Morgan fingerprint density at radius 2 is 1.41 bits per heavy atom. The second kappa shape index (κ2) is 11.2. The Morgan fingerprint density at radius 1 is 0.828 bits per heavy atom. The van der Waals surface area contributed by atoms with Gasteiger partial charge in [0.25, 0.3) is 0 Å². The molecule has 158 valence electrons. The van der Waals surface area contributed by atoms with Gasteiger partial charge < -0.3 is 19.3 Å². The van der Waals surface area contributed by atoms with Crippen molar-refractivity contribution in [3.05, 3.63) is 60.2 Å². The van der Waals surface area contributed by atoms with E-state index in [4.69, 9.17) is 14.2 Å². The Labute approximate surface area is 173 Å². The van der Waals surface area contributed by atoms with Crippen LogP contribution in [-0.2, 0) is 4.74 Å². The Bertz CT molecular complexity index is 720. The van der Waals surface area contributed by atoms with Crippen molar-refractivity contribution < 1.29 is 19.3 Å². The number of ether oxygens (including phenoxy) is 3. The van der Waals surface area contributed by atoms with Gasteiger partial charge in [-0.15, -0.1) is 0 Å². The van der Waals surface area contributed by atoms with Gasteiger partial charge >= 0.3 is 0 Å². The van der Waals surface area contributed by atoms with Gasteiger partial charge in [-0.2, -0.15) is 0 Å². The molecule has 1 aliphatic heterocycles. The number of nitrogens with zero attached hydrogens (tertiary/aromatic N) is 2. The van der Waals surface area contributed by atoms with E-state index in [1.54, 1.807) is 14.2 Å². The van der Waals surface area contributed by atoms with Gasteiger partial charge in [-0.3, -0.25) is 9.80 Å². The number of benzene rings is 2. The topological polar surface area (TPSA) is 54.4 Å². The molecule has 0 radical (unpaired) electrons. The third-order valence-corrected chi connectivity index (χ3v) is 5.31. The van der Waals surface area contributed by atoms with Gasteiger partial charge in [-0.25, -0.2) is 0 Å². The molecular weight excluding hydrogens is 368 g/mol. The van der Waals surface area contributed by atoms with Gasteiger partial charge in [-0.05, 0) is 17.7 Å². The highest BCUT2D eigenvalue weighted by Crippen LogP contribution is 2.26. The third kappa shape index (κ3) is 6.44. The largest absolute Gasteiger partial charge is 0.493 e. The average molecular weight is 401 g/mol. The smallest absolute Gasteiger partial charge is 0.161 e. The molecular formula is C23H32N2O4. The lowest BCUT2D eigenvalue weighted by Gasteiger charge is -2.37. The Morgan fingerprint density at radius 3 is 2.03 bits per heavy atom. The second-order valence-electron chi connectivity index (χ2n) is 7.35. The van der Waals surface area contributed by atoms with E-state index in [0.717, 1.165) is 32.7 Å². The van der Waals surface area contributed by atoms with Crippen LogP contribution in [-0.4, -0.2) is 81.1 Å². The molecule has 6 nitrogen and oxygen atoms in total. The highest BCUT2D eigenvalue weighted by atomic mass is 16.5. The van der Waals surface area contributed by atoms with Gasteiger partial charge in [0.2, 0.25) is 0 Å². The maximum atomic E-state index is 10.4. The monoisotopic (exact) mass is 400 g/mol. The van der Waals surface area contributed by atoms with E-state index in [0.29, 0.717) is 18.0 Å². The molecule has 1 heterocycles. The van der Waals surface area contributed by atoms with Crippen LogP contribution >= 0.6 is 0 Å². The summed E-state index contributed by atoms with van der Waals surface area (Å²) in [7, 11) is 3.38. The predicted octanol–water partition coefficient (Wildman–Crippen LogP) is 2.44. The van der Waals surface area contributed by atoms with Crippen LogP contribution in [0.2, 0.25) is 0 Å². The second-order valence-corrected chi connectivity index (χ2v) is 7.35. The van der Waals surface area contributed by atoms with Crippen molar-refractivity contribution in [2.24, 2.45) is 0 Å². The maximum Gasteiger partial charge on any atom is 0.161 e. The van der Waals surface area contributed by atoms with E-state index in [1.807, 2.05) is 42.5 Å². The number of para-hydroxylation sites is 2. The first kappa shape index (κ1) is 21.6. The lowest BCUT2D eigenvalue weighted by Crippen LogP contribution is -2.50. The molecule has 0 spiro atoms. The molecule has 3 rings (SSSR count). The van der Waals surface area contributed by atoms with Crippen LogP contribution in [0.3, 0.4) is 0 Å². The van der Waals surface area contributed by atoms with Crippen LogP contribution in [0, 0.1) is 0 Å². The van der Waals surface area contributed by atoms with E-state index >= 15 is 0 Å². The van der Waals surface area contributed by atoms with Crippen LogP contribution in [0.15, 0.2) is 54.6 Å². The van der Waals surface area contributed by atoms with Crippen molar-refractivity contribution in [3.63, 3.8) is 0 Å². The van der Waals surface area contributed by atoms with Crippen molar-refractivity contribution in [1.29, 1.82) is 0 Å². The lowest BCUT2D eigenvalue weighted by molar-refractivity contribution is 0.0215. The first-order chi connectivity index (χ1) is 14.2. The Hall–Kier alpha value is -2.12. The fourth-order valence-corrected chi connectivity index (χ4v) is 3.65. The minimum Gasteiger partial charge on any atom is -0.493 e. The van der Waals surface area contributed by atoms with Gasteiger partial charge in [0.1, 0.15) is 12.7 Å². The van der Waals surface area contributed by atoms with Crippen molar-refractivity contribution in [1.82, 2.24) is 9.80 Å². The minimum atomic E-state index is -0.539. The SMILES string of the molecule is COc1ccccc1OCC(O)CN1CCN(CC(OC)c2ccccc2)CC1. The molecule has 1 N–H and O–H groups in total. The molecule has 2 aromatic rings. The number of piperazine rings is 1. The number of hydrogen-bond donors (Lipinski definition) is 1. The quantitative estimate of drug-likeness (QED) is 0.661. The van der Waals surface area contributed by atoms with Gasteiger partial charge in [0.15, 0.2) is 11.5 Å². The molecule has 2 unspecified atom stereocenters. The van der Waals surface area contributed by atoms with Crippen LogP contribution in [0.1, 0.15) is 11.7 Å². The summed E-state index contributed by atoms with van der Waals surface area (Å²) in [6.45, 7) is 5.52. The van der Waals surface area contributed by atoms with Gasteiger partial charge in [-0.1, -0.05) is 42.5 Å². The average Bonchev–Trinajstić information content (AvgIpc) is 2.78. The number of aliphatic hydroxyl groups is 1. The molecule has 0 amide bonds. The van der Waals surface area contributed by atoms with Crippen molar-refractivity contribution >= 4 is 0 Å². The van der Waals surface area contributed by atoms with E-state index in [2.05, 4.69) is 21.9 Å². The lowest BCUT2D eigenvalue weighted by atomic mass is 10.1. The van der Waals surface area contributed by atoms with Gasteiger partial charge in [0.05, 0.1) is 13.2 Å². The van der Waals surface area contributed by atoms with Gasteiger partial charge in [0, 0.05) is 46.4 Å². The van der Waals surface area contributed by atoms with Crippen molar-refractivity contribution in [2.45, 2.75) is 12.2 Å². The molecule has 0 bridgehead atoms. The summed E-state index contributed by atoms with van der Waals surface area (Å²) in [5.41, 5.74) is 1.21. The fourth-order valence-electron chi connectivity index (χ4n) is 3.65. The predicted molar refractivity (Wildman–Crippen MR) is 114 cm³/mol. The zero-order valence-electron chi connectivity index (χ0n) is 17.4. The molecule has 1 aliphatic rings. The number of methoxy groups -OCH3 is 2. The van der Waals surface area contributed by atoms with Crippen molar-refractivity contribution in [3.8, 4) is 11.5 Å². The summed E-state index contributed by atoms with van der Waals surface area (Å²) in [6.07, 6.45) is -0.454. The molecule has 6 heteroatoms. The highest BCUT2D eigenvalue weighted by molar-refractivity contribution is 5.39. The maximum absolute atomic E-state index is 10.4. The van der Waals surface area contributed by atoms with E-state index < -0.39 is 6.10 Å². The summed E-state index contributed by atoms with van der Waals surface area (Å²) in [6, 6.07) is 17.8. The standard InChI is InChI=1S/C23H32N2O4/c1-27-21-10-6-7-11-22(21)29-18-20(26)16-24-12-14-25(15-13-24)17-23(28-2)19-8-4-3-5-9-19/h3-11,20,23,26H,12-18H2,1-2H3. The summed E-state index contributed by atoms with van der Waals surface area (Å²) < 4.78 is 16.7. The summed E-state index contributed by atoms with van der Waals surface area (Å²) in [5, 5.41) is 10.4. The number of hydrogen-bond acceptors (Lipinski definition) is 6. The van der Waals surface area contributed by atoms with Crippen LogP contribution in [0.5, 0.6) is 11.5 Å². The Kier molecular flexibility index (Phi) is 8.31. The van der Waals surface area contributed by atoms with E-state index in [1.165, 1.54) is 5.56 Å². The molecule has 29 heavy (non-hydrogen) atoms. The zero-order valence-corrected chi connectivity index (χ0v) is 17.4. The molecule has 2 aromatic carbocycles. The number of rotatable bonds is 10. The number of aliphatic hydroxyl groups excluding tert-OH is 1. The van der Waals surface area contributed by atoms with Crippen LogP contribution in [0.25, 0.3) is 0 Å². The summed E-state index contributed by atoms with van der Waals surface area (Å²) in [5.74, 6) is 1.34. The molecule has 1 saturated heterocycles. The third-order valence-electron chi connectivity index (χ3n) is 5.31. The zero-order chi connectivity index (χ0) is 20.5. The first-order valence-electron chi connectivity index (χ1n) is 10.2. The molecule has 0 aliphatic carbocycles. The summed E-state index contributed by atoms with van der Waals surface area (Å²) in [4.78, 5) is 4.71. The minimum absolute atomic E-state index is 0.0857. The fraction of sp³-hybridized carbons (Fsp3) is 0.478. The highest BCUT2D eigenvalue weighted by Gasteiger charge is 2.22. The summed E-state index contributed by atoms with van der Waals surface area (Å²) >= 11 is 0.